The van der Waals surface area contributed by atoms with Gasteiger partial charge in [0.15, 0.2) is 5.65 Å². The van der Waals surface area contributed by atoms with E-state index in [0.717, 1.165) is 23.1 Å². The first kappa shape index (κ1) is 10.9. The fourth-order valence-corrected chi connectivity index (χ4v) is 1.89. The van der Waals surface area contributed by atoms with Crippen LogP contribution in [-0.2, 0) is 13.5 Å². The summed E-state index contributed by atoms with van der Waals surface area (Å²) >= 11 is 0. The van der Waals surface area contributed by atoms with Crippen LogP contribution in [0.15, 0.2) is 17.1 Å². The van der Waals surface area contributed by atoms with E-state index in [0.29, 0.717) is 0 Å². The summed E-state index contributed by atoms with van der Waals surface area (Å²) in [6.07, 6.45) is 2.68. The molecule has 4 nitrogen and oxygen atoms in total. The number of hydrogen-bond donors (Lipinski definition) is 1. The van der Waals surface area contributed by atoms with Gasteiger partial charge < -0.3 is 4.98 Å². The molecule has 0 bridgehead atoms. The van der Waals surface area contributed by atoms with Gasteiger partial charge in [0, 0.05) is 13.2 Å². The Morgan fingerprint density at radius 2 is 2.12 bits per heavy atom. The molecular weight excluding hydrogens is 202 g/mol. The number of pyridine rings is 1. The topological polar surface area (TPSA) is 50.7 Å². The van der Waals surface area contributed by atoms with Crippen LogP contribution in [0, 0.1) is 5.41 Å². The van der Waals surface area contributed by atoms with Crippen LogP contribution in [0.4, 0.5) is 0 Å². The molecular formula is C12H17N3O. The summed E-state index contributed by atoms with van der Waals surface area (Å²) in [5.74, 6) is 0. The predicted octanol–water partition coefficient (Wildman–Crippen LogP) is 1.85. The number of fused-ring (bicyclic) bond motifs is 1. The van der Waals surface area contributed by atoms with Gasteiger partial charge in [0.05, 0.1) is 5.52 Å². The molecule has 0 saturated heterocycles. The number of rotatable bonds is 1. The minimum Gasteiger partial charge on any atom is -0.304 e. The molecule has 2 aromatic heterocycles. The second kappa shape index (κ2) is 3.47. The first-order valence-corrected chi connectivity index (χ1v) is 5.41. The molecule has 16 heavy (non-hydrogen) atoms. The number of hydrogen-bond acceptors (Lipinski definition) is 2. The van der Waals surface area contributed by atoms with E-state index in [4.69, 9.17) is 0 Å². The quantitative estimate of drug-likeness (QED) is 0.795. The smallest absolute Gasteiger partial charge is 0.304 e. The summed E-state index contributed by atoms with van der Waals surface area (Å²) in [5, 5.41) is 0. The van der Waals surface area contributed by atoms with E-state index in [2.05, 4.69) is 30.7 Å². The Morgan fingerprint density at radius 3 is 2.75 bits per heavy atom. The lowest BCUT2D eigenvalue weighted by Crippen LogP contribution is -2.12. The number of imidazole rings is 1. The molecule has 0 atom stereocenters. The summed E-state index contributed by atoms with van der Waals surface area (Å²) in [7, 11) is 1.73. The molecule has 1 N–H and O–H groups in total. The Hall–Kier alpha value is -1.58. The van der Waals surface area contributed by atoms with Gasteiger partial charge in [0.25, 0.3) is 0 Å². The Kier molecular flexibility index (Phi) is 2.37. The molecule has 0 unspecified atom stereocenters. The fraction of sp³-hybridized carbons (Fsp3) is 0.500. The average molecular weight is 219 g/mol. The van der Waals surface area contributed by atoms with Crippen LogP contribution in [-0.4, -0.2) is 14.5 Å². The summed E-state index contributed by atoms with van der Waals surface area (Å²) in [4.78, 5) is 18.6. The van der Waals surface area contributed by atoms with E-state index in [-0.39, 0.29) is 11.1 Å². The maximum atomic E-state index is 11.5. The van der Waals surface area contributed by atoms with Crippen molar-refractivity contribution in [1.82, 2.24) is 14.5 Å². The molecule has 2 rings (SSSR count). The lowest BCUT2D eigenvalue weighted by molar-refractivity contribution is 0.412. The zero-order chi connectivity index (χ0) is 11.9. The van der Waals surface area contributed by atoms with Crippen molar-refractivity contribution >= 4 is 11.2 Å². The summed E-state index contributed by atoms with van der Waals surface area (Å²) in [5.41, 5.74) is 2.83. The number of aromatic nitrogens is 3. The maximum Gasteiger partial charge on any atom is 0.327 e. The lowest BCUT2D eigenvalue weighted by atomic mass is 9.88. The van der Waals surface area contributed by atoms with E-state index in [1.807, 2.05) is 6.07 Å². The van der Waals surface area contributed by atoms with Gasteiger partial charge in [-0.15, -0.1) is 0 Å². The third-order valence-corrected chi connectivity index (χ3v) is 2.59. The van der Waals surface area contributed by atoms with Crippen LogP contribution in [0.2, 0.25) is 0 Å². The van der Waals surface area contributed by atoms with Crippen molar-refractivity contribution in [3.05, 3.63) is 28.3 Å². The number of nitrogens with zero attached hydrogens (tertiary/aromatic N) is 2. The second-order valence-electron chi connectivity index (χ2n) is 5.40. The Morgan fingerprint density at radius 1 is 1.44 bits per heavy atom. The minimum absolute atomic E-state index is 0.108. The van der Waals surface area contributed by atoms with Crippen LogP contribution >= 0.6 is 0 Å². The molecule has 0 amide bonds. The molecule has 0 spiro atoms. The molecule has 0 aliphatic heterocycles. The molecule has 86 valence electrons. The SMILES string of the molecule is Cn1c(=O)[nH]c2c(CC(C)(C)C)ccnc21. The van der Waals surface area contributed by atoms with Crippen LogP contribution in [0.25, 0.3) is 11.2 Å². The maximum absolute atomic E-state index is 11.5. The zero-order valence-corrected chi connectivity index (χ0v) is 10.2. The Balaban J connectivity index is 2.63. The van der Waals surface area contributed by atoms with E-state index in [1.54, 1.807) is 17.8 Å². The monoisotopic (exact) mass is 219 g/mol. The van der Waals surface area contributed by atoms with E-state index >= 15 is 0 Å². The van der Waals surface area contributed by atoms with Gasteiger partial charge in [-0.05, 0) is 23.5 Å². The predicted molar refractivity (Wildman–Crippen MR) is 64.5 cm³/mol. The third-order valence-electron chi connectivity index (χ3n) is 2.59. The molecule has 0 aliphatic carbocycles. The standard InChI is InChI=1S/C12H17N3O/c1-12(2,3)7-8-5-6-13-10-9(8)14-11(16)15(10)4/h5-6H,7H2,1-4H3,(H,14,16). The molecule has 0 radical (unpaired) electrons. The number of aromatic amines is 1. The van der Waals surface area contributed by atoms with Crippen molar-refractivity contribution in [3.63, 3.8) is 0 Å². The minimum atomic E-state index is -0.108. The summed E-state index contributed by atoms with van der Waals surface area (Å²) in [6, 6.07) is 1.98. The first-order chi connectivity index (χ1) is 7.38. The molecule has 2 heterocycles. The van der Waals surface area contributed by atoms with Crippen LogP contribution < -0.4 is 5.69 Å². The van der Waals surface area contributed by atoms with E-state index in [9.17, 15) is 4.79 Å². The second-order valence-corrected chi connectivity index (χ2v) is 5.40. The van der Waals surface area contributed by atoms with Crippen molar-refractivity contribution in [2.24, 2.45) is 12.5 Å². The molecule has 0 aromatic carbocycles. The van der Waals surface area contributed by atoms with Crippen molar-refractivity contribution in [2.45, 2.75) is 27.2 Å². The van der Waals surface area contributed by atoms with Crippen molar-refractivity contribution in [1.29, 1.82) is 0 Å². The largest absolute Gasteiger partial charge is 0.327 e. The average Bonchev–Trinajstić information content (AvgIpc) is 2.43. The van der Waals surface area contributed by atoms with Crippen molar-refractivity contribution in [3.8, 4) is 0 Å². The normalized spacial score (nSPS) is 12.2. The van der Waals surface area contributed by atoms with Crippen LogP contribution in [0.3, 0.4) is 0 Å². The van der Waals surface area contributed by atoms with Gasteiger partial charge >= 0.3 is 5.69 Å². The van der Waals surface area contributed by atoms with Crippen LogP contribution in [0.5, 0.6) is 0 Å². The fourth-order valence-electron chi connectivity index (χ4n) is 1.89. The van der Waals surface area contributed by atoms with Gasteiger partial charge in [-0.3, -0.25) is 4.57 Å². The molecule has 0 aliphatic rings. The highest BCUT2D eigenvalue weighted by Crippen LogP contribution is 2.23. The van der Waals surface area contributed by atoms with Crippen molar-refractivity contribution < 1.29 is 0 Å². The highest BCUT2D eigenvalue weighted by Gasteiger charge is 2.15. The van der Waals surface area contributed by atoms with E-state index in [1.165, 1.54) is 0 Å². The lowest BCUT2D eigenvalue weighted by Gasteiger charge is -2.18. The Labute approximate surface area is 94.3 Å². The first-order valence-electron chi connectivity index (χ1n) is 5.41. The number of aryl methyl sites for hydroxylation is 1. The van der Waals surface area contributed by atoms with Gasteiger partial charge in [0.2, 0.25) is 0 Å². The van der Waals surface area contributed by atoms with Gasteiger partial charge in [-0.25, -0.2) is 9.78 Å². The van der Waals surface area contributed by atoms with Gasteiger partial charge in [-0.2, -0.15) is 0 Å². The third kappa shape index (κ3) is 1.87. The Bertz CT molecular complexity index is 572. The summed E-state index contributed by atoms with van der Waals surface area (Å²) in [6.45, 7) is 6.54. The van der Waals surface area contributed by atoms with Crippen LogP contribution in [0.1, 0.15) is 26.3 Å². The molecule has 0 fully saturated rings. The number of nitrogens with one attached hydrogen (secondary N) is 1. The number of H-pyrrole nitrogens is 1. The summed E-state index contributed by atoms with van der Waals surface area (Å²) < 4.78 is 1.54. The highest BCUT2D eigenvalue weighted by atomic mass is 16.1. The van der Waals surface area contributed by atoms with E-state index < -0.39 is 0 Å². The molecule has 0 saturated carbocycles. The van der Waals surface area contributed by atoms with Crippen molar-refractivity contribution in [2.75, 3.05) is 0 Å². The van der Waals surface area contributed by atoms with Gasteiger partial charge in [0.1, 0.15) is 0 Å². The zero-order valence-electron chi connectivity index (χ0n) is 10.2. The van der Waals surface area contributed by atoms with Gasteiger partial charge in [-0.1, -0.05) is 20.8 Å². The molecule has 4 heteroatoms. The molecule has 2 aromatic rings. The highest BCUT2D eigenvalue weighted by molar-refractivity contribution is 5.74.